The van der Waals surface area contributed by atoms with E-state index in [9.17, 15) is 4.79 Å². The fraction of sp³-hybridized carbons (Fsp3) is 0.235. The molecule has 0 heterocycles. The minimum atomic E-state index is -0.195. The van der Waals surface area contributed by atoms with Gasteiger partial charge >= 0.3 is 0 Å². The van der Waals surface area contributed by atoms with E-state index in [0.717, 1.165) is 0 Å². The first-order valence-electron chi connectivity index (χ1n) is 6.63. The zero-order chi connectivity index (χ0) is 16.1. The first-order valence-corrected chi connectivity index (χ1v) is 6.63. The van der Waals surface area contributed by atoms with Crippen LogP contribution in [0, 0.1) is 0 Å². The first kappa shape index (κ1) is 15.7. The van der Waals surface area contributed by atoms with Crippen LogP contribution in [0.3, 0.4) is 0 Å². The molecule has 0 saturated heterocycles. The van der Waals surface area contributed by atoms with E-state index >= 15 is 0 Å². The second-order valence-corrected chi connectivity index (χ2v) is 4.46. The molecule has 2 rings (SSSR count). The Hall–Kier alpha value is -2.69. The molecule has 0 spiro atoms. The highest BCUT2D eigenvalue weighted by Gasteiger charge is 2.19. The SMILES string of the molecule is COc1ccc(C(=O)c2ccc(OC)cc2OC)c(OC)c1. The lowest BCUT2D eigenvalue weighted by molar-refractivity contribution is 0.103. The maximum absolute atomic E-state index is 12.8. The highest BCUT2D eigenvalue weighted by molar-refractivity contribution is 6.12. The van der Waals surface area contributed by atoms with Crippen LogP contribution in [-0.2, 0) is 0 Å². The molecule has 0 aromatic heterocycles. The van der Waals surface area contributed by atoms with Crippen LogP contribution in [0.4, 0.5) is 0 Å². The Balaban J connectivity index is 2.48. The third-order valence-corrected chi connectivity index (χ3v) is 3.31. The summed E-state index contributed by atoms with van der Waals surface area (Å²) in [6.07, 6.45) is 0. The summed E-state index contributed by atoms with van der Waals surface area (Å²) in [5.74, 6) is 1.94. The predicted molar refractivity (Wildman–Crippen MR) is 82.5 cm³/mol. The molecule has 116 valence electrons. The Labute approximate surface area is 129 Å². The van der Waals surface area contributed by atoms with E-state index in [1.54, 1.807) is 50.6 Å². The van der Waals surface area contributed by atoms with Gasteiger partial charge in [-0.3, -0.25) is 4.79 Å². The predicted octanol–water partition coefficient (Wildman–Crippen LogP) is 2.95. The van der Waals surface area contributed by atoms with Crippen molar-refractivity contribution in [1.82, 2.24) is 0 Å². The lowest BCUT2D eigenvalue weighted by Gasteiger charge is -2.12. The van der Waals surface area contributed by atoms with Crippen molar-refractivity contribution in [1.29, 1.82) is 0 Å². The molecule has 0 bridgehead atoms. The van der Waals surface area contributed by atoms with Crippen molar-refractivity contribution >= 4 is 5.78 Å². The Morgan fingerprint density at radius 3 is 1.41 bits per heavy atom. The Kier molecular flexibility index (Phi) is 4.88. The Bertz CT molecular complexity index is 621. The molecule has 0 radical (unpaired) electrons. The van der Waals surface area contributed by atoms with Crippen LogP contribution >= 0.6 is 0 Å². The lowest BCUT2D eigenvalue weighted by atomic mass is 10.0. The summed E-state index contributed by atoms with van der Waals surface area (Å²) in [5.41, 5.74) is 0.874. The lowest BCUT2D eigenvalue weighted by Crippen LogP contribution is -2.06. The van der Waals surface area contributed by atoms with Gasteiger partial charge in [0.05, 0.1) is 39.6 Å². The molecule has 0 aliphatic heterocycles. The van der Waals surface area contributed by atoms with Crippen LogP contribution in [0.25, 0.3) is 0 Å². The summed E-state index contributed by atoms with van der Waals surface area (Å²) < 4.78 is 20.8. The molecular weight excluding hydrogens is 284 g/mol. The number of hydrogen-bond donors (Lipinski definition) is 0. The molecule has 0 fully saturated rings. The van der Waals surface area contributed by atoms with Gasteiger partial charge in [-0.1, -0.05) is 0 Å². The molecule has 0 unspecified atom stereocenters. The number of carbonyl (C=O) groups excluding carboxylic acids is 1. The normalized spacial score (nSPS) is 10.0. The van der Waals surface area contributed by atoms with Gasteiger partial charge < -0.3 is 18.9 Å². The molecule has 0 amide bonds. The van der Waals surface area contributed by atoms with E-state index in [1.807, 2.05) is 0 Å². The molecule has 5 nitrogen and oxygen atoms in total. The van der Waals surface area contributed by atoms with Gasteiger partial charge in [-0.15, -0.1) is 0 Å². The largest absolute Gasteiger partial charge is 0.497 e. The molecule has 2 aromatic rings. The van der Waals surface area contributed by atoms with E-state index in [-0.39, 0.29) is 5.78 Å². The molecule has 5 heteroatoms. The summed E-state index contributed by atoms with van der Waals surface area (Å²) in [5, 5.41) is 0. The number of ether oxygens (including phenoxy) is 4. The molecular formula is C17H18O5. The fourth-order valence-corrected chi connectivity index (χ4v) is 2.12. The molecule has 2 aromatic carbocycles. The van der Waals surface area contributed by atoms with Gasteiger partial charge in [0, 0.05) is 12.1 Å². The molecule has 0 aliphatic carbocycles. The average Bonchev–Trinajstić information content (AvgIpc) is 2.59. The number of carbonyl (C=O) groups is 1. The zero-order valence-electron chi connectivity index (χ0n) is 13.0. The minimum absolute atomic E-state index is 0.195. The highest BCUT2D eigenvalue weighted by atomic mass is 16.5. The third kappa shape index (κ3) is 2.98. The van der Waals surface area contributed by atoms with Gasteiger partial charge in [0.1, 0.15) is 23.0 Å². The molecule has 0 N–H and O–H groups in total. The highest BCUT2D eigenvalue weighted by Crippen LogP contribution is 2.31. The number of methoxy groups -OCH3 is 4. The number of hydrogen-bond acceptors (Lipinski definition) is 5. The maximum Gasteiger partial charge on any atom is 0.200 e. The van der Waals surface area contributed by atoms with Gasteiger partial charge in [-0.2, -0.15) is 0 Å². The van der Waals surface area contributed by atoms with E-state index < -0.39 is 0 Å². The maximum atomic E-state index is 12.8. The number of rotatable bonds is 6. The van der Waals surface area contributed by atoms with Crippen molar-refractivity contribution in [3.05, 3.63) is 47.5 Å². The number of benzene rings is 2. The van der Waals surface area contributed by atoms with Crippen LogP contribution in [-0.4, -0.2) is 34.2 Å². The van der Waals surface area contributed by atoms with Crippen molar-refractivity contribution in [2.24, 2.45) is 0 Å². The quantitative estimate of drug-likeness (QED) is 0.768. The van der Waals surface area contributed by atoms with Crippen molar-refractivity contribution in [3.63, 3.8) is 0 Å². The van der Waals surface area contributed by atoms with E-state index in [2.05, 4.69) is 0 Å². The summed E-state index contributed by atoms with van der Waals surface area (Å²) >= 11 is 0. The summed E-state index contributed by atoms with van der Waals surface area (Å²) in [4.78, 5) is 12.8. The van der Waals surface area contributed by atoms with Gasteiger partial charge in [0.15, 0.2) is 5.78 Å². The van der Waals surface area contributed by atoms with Gasteiger partial charge in [-0.25, -0.2) is 0 Å². The Morgan fingerprint density at radius 2 is 1.09 bits per heavy atom. The zero-order valence-corrected chi connectivity index (χ0v) is 13.0. The van der Waals surface area contributed by atoms with Crippen molar-refractivity contribution < 1.29 is 23.7 Å². The topological polar surface area (TPSA) is 54.0 Å². The second-order valence-electron chi connectivity index (χ2n) is 4.46. The number of ketones is 1. The minimum Gasteiger partial charge on any atom is -0.497 e. The third-order valence-electron chi connectivity index (χ3n) is 3.31. The fourth-order valence-electron chi connectivity index (χ4n) is 2.12. The van der Waals surface area contributed by atoms with E-state index in [1.165, 1.54) is 14.2 Å². The van der Waals surface area contributed by atoms with Crippen molar-refractivity contribution in [2.75, 3.05) is 28.4 Å². The molecule has 0 aliphatic rings. The first-order chi connectivity index (χ1) is 10.6. The summed E-state index contributed by atoms with van der Waals surface area (Å²) in [6, 6.07) is 10.1. The van der Waals surface area contributed by atoms with E-state index in [4.69, 9.17) is 18.9 Å². The van der Waals surface area contributed by atoms with Crippen LogP contribution in [0.1, 0.15) is 15.9 Å². The average molecular weight is 302 g/mol. The standard InChI is InChI=1S/C17H18O5/c1-19-11-5-7-13(15(9-11)21-3)17(18)14-8-6-12(20-2)10-16(14)22-4/h5-10H,1-4H3. The Morgan fingerprint density at radius 1 is 0.682 bits per heavy atom. The van der Waals surface area contributed by atoms with Crippen molar-refractivity contribution in [3.8, 4) is 23.0 Å². The van der Waals surface area contributed by atoms with Crippen molar-refractivity contribution in [2.45, 2.75) is 0 Å². The molecule has 0 saturated carbocycles. The smallest absolute Gasteiger partial charge is 0.200 e. The van der Waals surface area contributed by atoms with Gasteiger partial charge in [0.2, 0.25) is 0 Å². The molecule has 0 atom stereocenters. The monoisotopic (exact) mass is 302 g/mol. The summed E-state index contributed by atoms with van der Waals surface area (Å²) in [7, 11) is 6.14. The van der Waals surface area contributed by atoms with Crippen LogP contribution in [0.5, 0.6) is 23.0 Å². The van der Waals surface area contributed by atoms with Gasteiger partial charge in [-0.05, 0) is 24.3 Å². The second kappa shape index (κ2) is 6.85. The van der Waals surface area contributed by atoms with Crippen LogP contribution in [0.2, 0.25) is 0 Å². The van der Waals surface area contributed by atoms with Gasteiger partial charge in [0.25, 0.3) is 0 Å². The summed E-state index contributed by atoms with van der Waals surface area (Å²) in [6.45, 7) is 0. The van der Waals surface area contributed by atoms with E-state index in [0.29, 0.717) is 34.1 Å². The van der Waals surface area contributed by atoms with Crippen LogP contribution in [0.15, 0.2) is 36.4 Å². The van der Waals surface area contributed by atoms with Crippen LogP contribution < -0.4 is 18.9 Å². The molecule has 22 heavy (non-hydrogen) atoms.